The van der Waals surface area contributed by atoms with Gasteiger partial charge in [-0.05, 0) is 12.5 Å². The number of hydrogen-bond donors (Lipinski definition) is 0. The minimum atomic E-state index is -0.347. The Labute approximate surface area is 108 Å². The number of methoxy groups -OCH3 is 2. The number of carbonyl (C=O) groups excluding carboxylic acids is 1. The topological polar surface area (TPSA) is 35.5 Å². The lowest BCUT2D eigenvalue weighted by molar-refractivity contribution is -0.134. The van der Waals surface area contributed by atoms with Gasteiger partial charge in [-0.3, -0.25) is 0 Å². The lowest BCUT2D eigenvalue weighted by atomic mass is 9.96. The minimum Gasteiger partial charge on any atom is -0.466 e. The summed E-state index contributed by atoms with van der Waals surface area (Å²) in [6.45, 7) is 4.06. The minimum absolute atomic E-state index is 0.0634. The van der Waals surface area contributed by atoms with Crippen molar-refractivity contribution in [1.82, 2.24) is 0 Å². The summed E-state index contributed by atoms with van der Waals surface area (Å²) in [7, 11) is 3.04. The first-order valence-corrected chi connectivity index (χ1v) is 5.94. The monoisotopic (exact) mass is 248 g/mol. The van der Waals surface area contributed by atoms with Crippen LogP contribution in [0.25, 0.3) is 0 Å². The number of hydrogen-bond acceptors (Lipinski definition) is 3. The van der Waals surface area contributed by atoms with Crippen molar-refractivity contribution in [2.24, 2.45) is 5.92 Å². The zero-order valence-electron chi connectivity index (χ0n) is 11.3. The molecule has 98 valence electrons. The Bertz CT molecular complexity index is 406. The molecular weight excluding hydrogens is 228 g/mol. The molecule has 0 aliphatic rings. The van der Waals surface area contributed by atoms with Crippen LogP contribution in [-0.4, -0.2) is 20.2 Å². The van der Waals surface area contributed by atoms with Crippen molar-refractivity contribution in [1.29, 1.82) is 0 Å². The average molecular weight is 248 g/mol. The van der Waals surface area contributed by atoms with Gasteiger partial charge in [-0.1, -0.05) is 42.8 Å². The van der Waals surface area contributed by atoms with E-state index in [0.717, 1.165) is 5.56 Å². The quantitative estimate of drug-likeness (QED) is 0.593. The van der Waals surface area contributed by atoms with Gasteiger partial charge in [0.2, 0.25) is 0 Å². The first-order chi connectivity index (χ1) is 8.58. The van der Waals surface area contributed by atoms with Crippen molar-refractivity contribution >= 4 is 5.97 Å². The molecule has 1 aromatic carbocycles. The molecule has 0 aromatic heterocycles. The summed E-state index contributed by atoms with van der Waals surface area (Å²) < 4.78 is 10.1. The van der Waals surface area contributed by atoms with Crippen molar-refractivity contribution in [3.05, 3.63) is 47.5 Å². The molecular formula is C15H20O3. The van der Waals surface area contributed by atoms with Crippen LogP contribution in [0.2, 0.25) is 0 Å². The van der Waals surface area contributed by atoms with Crippen LogP contribution in [0.1, 0.15) is 24.2 Å². The van der Waals surface area contributed by atoms with Gasteiger partial charge in [-0.2, -0.15) is 0 Å². The fourth-order valence-electron chi connectivity index (χ4n) is 1.81. The van der Waals surface area contributed by atoms with Crippen LogP contribution < -0.4 is 0 Å². The maximum absolute atomic E-state index is 11.1. The third kappa shape index (κ3) is 4.00. The van der Waals surface area contributed by atoms with E-state index in [0.29, 0.717) is 0 Å². The summed E-state index contributed by atoms with van der Waals surface area (Å²) in [5.41, 5.74) is 2.32. The molecule has 0 saturated heterocycles. The summed E-state index contributed by atoms with van der Waals surface area (Å²) >= 11 is 0. The lowest BCUT2D eigenvalue weighted by Gasteiger charge is -2.20. The average Bonchev–Trinajstić information content (AvgIpc) is 2.39. The van der Waals surface area contributed by atoms with Gasteiger partial charge < -0.3 is 9.47 Å². The highest BCUT2D eigenvalue weighted by atomic mass is 16.5. The van der Waals surface area contributed by atoms with E-state index in [1.807, 2.05) is 26.0 Å². The van der Waals surface area contributed by atoms with Crippen LogP contribution in [0.3, 0.4) is 0 Å². The van der Waals surface area contributed by atoms with E-state index in [-0.39, 0.29) is 18.0 Å². The fraction of sp³-hybridized carbons (Fsp3) is 0.400. The van der Waals surface area contributed by atoms with Crippen molar-refractivity contribution in [2.75, 3.05) is 14.2 Å². The molecule has 0 aliphatic carbocycles. The summed E-state index contributed by atoms with van der Waals surface area (Å²) in [6, 6.07) is 8.20. The molecule has 1 rings (SSSR count). The lowest BCUT2D eigenvalue weighted by Crippen LogP contribution is -2.10. The molecule has 0 heterocycles. The van der Waals surface area contributed by atoms with E-state index in [4.69, 9.17) is 4.74 Å². The highest BCUT2D eigenvalue weighted by Crippen LogP contribution is 2.26. The van der Waals surface area contributed by atoms with E-state index in [2.05, 4.69) is 16.9 Å². The molecule has 1 aromatic rings. The Balaban J connectivity index is 2.79. The van der Waals surface area contributed by atoms with Crippen LogP contribution >= 0.6 is 0 Å². The van der Waals surface area contributed by atoms with Crippen LogP contribution in [0.4, 0.5) is 0 Å². The maximum Gasteiger partial charge on any atom is 0.330 e. The zero-order chi connectivity index (χ0) is 13.5. The van der Waals surface area contributed by atoms with Gasteiger partial charge in [0.15, 0.2) is 0 Å². The number of esters is 1. The first-order valence-electron chi connectivity index (χ1n) is 5.94. The van der Waals surface area contributed by atoms with Crippen LogP contribution in [0.15, 0.2) is 36.4 Å². The van der Waals surface area contributed by atoms with Gasteiger partial charge in [0.25, 0.3) is 0 Å². The Morgan fingerprint density at radius 1 is 1.22 bits per heavy atom. The molecule has 2 atom stereocenters. The van der Waals surface area contributed by atoms with Crippen LogP contribution in [0.5, 0.6) is 0 Å². The second kappa shape index (κ2) is 6.97. The molecule has 0 spiro atoms. The summed E-state index contributed by atoms with van der Waals surface area (Å²) in [6.07, 6.45) is 3.18. The smallest absolute Gasteiger partial charge is 0.330 e. The van der Waals surface area contributed by atoms with E-state index in [1.54, 1.807) is 13.2 Å². The van der Waals surface area contributed by atoms with Crippen molar-refractivity contribution < 1.29 is 14.3 Å². The molecule has 0 unspecified atom stereocenters. The molecule has 3 heteroatoms. The predicted molar refractivity (Wildman–Crippen MR) is 71.2 cm³/mol. The van der Waals surface area contributed by atoms with Gasteiger partial charge in [0.1, 0.15) is 0 Å². The number of rotatable bonds is 5. The van der Waals surface area contributed by atoms with Gasteiger partial charge in [-0.15, -0.1) is 0 Å². The number of ether oxygens (including phenoxy) is 2. The maximum atomic E-state index is 11.1. The second-order valence-electron chi connectivity index (χ2n) is 4.31. The van der Waals surface area contributed by atoms with Crippen LogP contribution in [-0.2, 0) is 14.3 Å². The van der Waals surface area contributed by atoms with Gasteiger partial charge in [0, 0.05) is 19.1 Å². The standard InChI is InChI=1S/C15H20O3/c1-11-5-8-13(9-6-11)15(18-4)12(2)7-10-14(16)17-3/h5-10,12,15H,1-4H3/b10-7+/t12-,15+/m1/s1. The predicted octanol–water partition coefficient (Wildman–Crippen LogP) is 3.05. The molecule has 0 amide bonds. The second-order valence-corrected chi connectivity index (χ2v) is 4.31. The Kier molecular flexibility index (Phi) is 5.59. The molecule has 0 bridgehead atoms. The molecule has 0 aliphatic heterocycles. The van der Waals surface area contributed by atoms with E-state index in [1.165, 1.54) is 18.7 Å². The van der Waals surface area contributed by atoms with Crippen molar-refractivity contribution in [3.63, 3.8) is 0 Å². The highest BCUT2D eigenvalue weighted by Gasteiger charge is 2.16. The number of aryl methyl sites for hydroxylation is 1. The largest absolute Gasteiger partial charge is 0.466 e. The Hall–Kier alpha value is -1.61. The molecule has 18 heavy (non-hydrogen) atoms. The summed E-state index contributed by atoms with van der Waals surface area (Å²) in [5.74, 6) is -0.252. The third-order valence-electron chi connectivity index (χ3n) is 2.87. The number of benzene rings is 1. The van der Waals surface area contributed by atoms with Crippen molar-refractivity contribution in [3.8, 4) is 0 Å². The Morgan fingerprint density at radius 3 is 2.33 bits per heavy atom. The molecule has 0 radical (unpaired) electrons. The molecule has 3 nitrogen and oxygen atoms in total. The highest BCUT2D eigenvalue weighted by molar-refractivity contribution is 5.81. The van der Waals surface area contributed by atoms with E-state index in [9.17, 15) is 4.79 Å². The van der Waals surface area contributed by atoms with E-state index >= 15 is 0 Å². The van der Waals surface area contributed by atoms with Gasteiger partial charge in [-0.25, -0.2) is 4.79 Å². The van der Waals surface area contributed by atoms with Crippen LogP contribution in [0, 0.1) is 12.8 Å². The number of carbonyl (C=O) groups is 1. The first kappa shape index (κ1) is 14.5. The fourth-order valence-corrected chi connectivity index (χ4v) is 1.81. The Morgan fingerprint density at radius 2 is 1.83 bits per heavy atom. The normalized spacial score (nSPS) is 14.4. The molecule has 0 fully saturated rings. The third-order valence-corrected chi connectivity index (χ3v) is 2.87. The zero-order valence-corrected chi connectivity index (χ0v) is 11.3. The molecule has 0 saturated carbocycles. The van der Waals surface area contributed by atoms with Gasteiger partial charge in [0.05, 0.1) is 13.2 Å². The van der Waals surface area contributed by atoms with Crippen molar-refractivity contribution in [2.45, 2.75) is 20.0 Å². The summed E-state index contributed by atoms with van der Waals surface area (Å²) in [5, 5.41) is 0. The SMILES string of the molecule is COC(=O)/C=C/[C@@H](C)[C@H](OC)c1ccc(C)cc1. The molecule has 0 N–H and O–H groups in total. The summed E-state index contributed by atoms with van der Waals surface area (Å²) in [4.78, 5) is 11.1. The van der Waals surface area contributed by atoms with Gasteiger partial charge >= 0.3 is 5.97 Å². The van der Waals surface area contributed by atoms with E-state index < -0.39 is 0 Å².